The molecule has 1 N–H and O–H groups in total. The first-order valence-electron chi connectivity index (χ1n) is 7.36. The van der Waals surface area contributed by atoms with Crippen molar-refractivity contribution in [3.05, 3.63) is 17.8 Å². The Hall–Kier alpha value is -2.06. The van der Waals surface area contributed by atoms with Crippen LogP contribution in [0.25, 0.3) is 11.2 Å². The molecule has 0 bridgehead atoms. The number of hydrogen-bond donors (Lipinski definition) is 1. The van der Waals surface area contributed by atoms with Gasteiger partial charge in [-0.1, -0.05) is 0 Å². The maximum absolute atomic E-state index is 11.2. The number of aryl methyl sites for hydroxylation is 2. The molecule has 0 saturated carbocycles. The Labute approximate surface area is 127 Å². The lowest BCUT2D eigenvalue weighted by Crippen LogP contribution is -2.37. The summed E-state index contributed by atoms with van der Waals surface area (Å²) in [5, 5.41) is 9.17. The molecule has 1 saturated heterocycles. The molecule has 3 rings (SSSR count). The number of carboxylic acids is 1. The highest BCUT2D eigenvalue weighted by molar-refractivity contribution is 5.97. The first-order valence-corrected chi connectivity index (χ1v) is 7.36. The van der Waals surface area contributed by atoms with Crippen LogP contribution in [0.5, 0.6) is 0 Å². The van der Waals surface area contributed by atoms with Crippen LogP contribution in [0, 0.1) is 0 Å². The molecule has 1 fully saturated rings. The van der Waals surface area contributed by atoms with Gasteiger partial charge in [-0.05, 0) is 13.0 Å². The predicted octanol–water partition coefficient (Wildman–Crippen LogP) is 0.326. The SMILES string of the molecule is Cn1c(CCCN2CCOCC2)nc2c(C(=O)O)ncnc21. The molecule has 1 aliphatic rings. The van der Waals surface area contributed by atoms with E-state index < -0.39 is 5.97 Å². The van der Waals surface area contributed by atoms with Gasteiger partial charge in [0, 0.05) is 26.6 Å². The van der Waals surface area contributed by atoms with Gasteiger partial charge in [0.05, 0.1) is 13.2 Å². The first kappa shape index (κ1) is 14.9. The Morgan fingerprint density at radius 2 is 2.14 bits per heavy atom. The van der Waals surface area contributed by atoms with Crippen LogP contribution >= 0.6 is 0 Å². The van der Waals surface area contributed by atoms with Gasteiger partial charge in [-0.25, -0.2) is 19.7 Å². The van der Waals surface area contributed by atoms with Gasteiger partial charge in [0.15, 0.2) is 11.3 Å². The largest absolute Gasteiger partial charge is 0.476 e. The topological polar surface area (TPSA) is 93.4 Å². The van der Waals surface area contributed by atoms with Gasteiger partial charge in [0.2, 0.25) is 0 Å². The lowest BCUT2D eigenvalue weighted by atomic mass is 10.2. The van der Waals surface area contributed by atoms with Crippen molar-refractivity contribution in [2.24, 2.45) is 7.05 Å². The summed E-state index contributed by atoms with van der Waals surface area (Å²) in [6.45, 7) is 4.52. The second kappa shape index (κ2) is 6.37. The van der Waals surface area contributed by atoms with Crippen LogP contribution in [0.15, 0.2) is 6.33 Å². The van der Waals surface area contributed by atoms with Gasteiger partial charge < -0.3 is 14.4 Å². The van der Waals surface area contributed by atoms with Gasteiger partial charge in [-0.2, -0.15) is 0 Å². The molecule has 0 radical (unpaired) electrons. The zero-order valence-electron chi connectivity index (χ0n) is 12.5. The summed E-state index contributed by atoms with van der Waals surface area (Å²) in [5.74, 6) is -0.239. The van der Waals surface area contributed by atoms with E-state index in [1.807, 2.05) is 11.6 Å². The zero-order valence-corrected chi connectivity index (χ0v) is 12.5. The highest BCUT2D eigenvalue weighted by atomic mass is 16.5. The minimum atomic E-state index is -1.08. The van der Waals surface area contributed by atoms with Gasteiger partial charge >= 0.3 is 5.97 Å². The summed E-state index contributed by atoms with van der Waals surface area (Å²) in [7, 11) is 1.86. The Kier molecular flexibility index (Phi) is 4.30. The number of nitrogens with zero attached hydrogens (tertiary/aromatic N) is 5. The van der Waals surface area contributed by atoms with Gasteiger partial charge in [0.25, 0.3) is 0 Å². The smallest absolute Gasteiger partial charge is 0.356 e. The van der Waals surface area contributed by atoms with Crippen molar-refractivity contribution in [1.82, 2.24) is 24.4 Å². The van der Waals surface area contributed by atoms with E-state index in [4.69, 9.17) is 4.74 Å². The quantitative estimate of drug-likeness (QED) is 0.850. The number of aromatic carboxylic acids is 1. The molecular weight excluding hydrogens is 286 g/mol. The highest BCUT2D eigenvalue weighted by Gasteiger charge is 2.18. The minimum absolute atomic E-state index is 0.0416. The summed E-state index contributed by atoms with van der Waals surface area (Å²) >= 11 is 0. The Morgan fingerprint density at radius 1 is 1.36 bits per heavy atom. The van der Waals surface area contributed by atoms with Crippen molar-refractivity contribution in [3.8, 4) is 0 Å². The van der Waals surface area contributed by atoms with Gasteiger partial charge in [-0.3, -0.25) is 4.90 Å². The molecule has 1 aliphatic heterocycles. The van der Waals surface area contributed by atoms with Crippen molar-refractivity contribution in [2.75, 3.05) is 32.8 Å². The number of carboxylic acid groups (broad SMARTS) is 1. The second-order valence-electron chi connectivity index (χ2n) is 5.34. The number of morpholine rings is 1. The highest BCUT2D eigenvalue weighted by Crippen LogP contribution is 2.16. The number of ether oxygens (including phenoxy) is 1. The monoisotopic (exact) mass is 305 g/mol. The van der Waals surface area contributed by atoms with E-state index in [9.17, 15) is 9.90 Å². The summed E-state index contributed by atoms with van der Waals surface area (Å²) in [5.41, 5.74) is 0.882. The third kappa shape index (κ3) is 2.93. The van der Waals surface area contributed by atoms with Crippen LogP contribution in [-0.2, 0) is 18.2 Å². The molecule has 0 spiro atoms. The van der Waals surface area contributed by atoms with Crippen LogP contribution in [0.3, 0.4) is 0 Å². The lowest BCUT2D eigenvalue weighted by Gasteiger charge is -2.26. The summed E-state index contributed by atoms with van der Waals surface area (Å²) in [4.78, 5) is 25.9. The molecule has 3 heterocycles. The molecule has 2 aromatic heterocycles. The number of rotatable bonds is 5. The fourth-order valence-electron chi connectivity index (χ4n) is 2.71. The van der Waals surface area contributed by atoms with Crippen molar-refractivity contribution < 1.29 is 14.6 Å². The van der Waals surface area contributed by atoms with E-state index in [0.717, 1.165) is 51.5 Å². The van der Waals surface area contributed by atoms with Crippen LogP contribution < -0.4 is 0 Å². The molecule has 8 nitrogen and oxygen atoms in total. The van der Waals surface area contributed by atoms with Crippen LogP contribution in [-0.4, -0.2) is 68.3 Å². The molecular formula is C14H19N5O3. The molecule has 118 valence electrons. The minimum Gasteiger partial charge on any atom is -0.476 e. The average molecular weight is 305 g/mol. The first-order chi connectivity index (χ1) is 10.7. The maximum atomic E-state index is 11.2. The number of aromatic nitrogens is 4. The number of fused-ring (bicyclic) bond motifs is 1. The summed E-state index contributed by atoms with van der Waals surface area (Å²) in [6, 6.07) is 0. The van der Waals surface area contributed by atoms with E-state index >= 15 is 0 Å². The molecule has 8 heteroatoms. The van der Waals surface area contributed by atoms with Crippen LogP contribution in [0.4, 0.5) is 0 Å². The third-order valence-corrected chi connectivity index (χ3v) is 3.93. The Balaban J connectivity index is 1.72. The number of imidazole rings is 1. The van der Waals surface area contributed by atoms with Crippen molar-refractivity contribution in [1.29, 1.82) is 0 Å². The molecule has 2 aromatic rings. The molecule has 0 atom stereocenters. The standard InChI is InChI=1S/C14H19N5O3/c1-18-10(3-2-4-19-5-7-22-8-6-19)17-11-12(14(20)21)15-9-16-13(11)18/h9H,2-8H2,1H3,(H,20,21). The van der Waals surface area contributed by atoms with Crippen LogP contribution in [0.1, 0.15) is 22.7 Å². The summed E-state index contributed by atoms with van der Waals surface area (Å²) in [6.07, 6.45) is 3.02. The number of carbonyl (C=O) groups is 1. The van der Waals surface area contributed by atoms with Crippen LogP contribution in [0.2, 0.25) is 0 Å². The van der Waals surface area contributed by atoms with Crippen molar-refractivity contribution >= 4 is 17.1 Å². The Bertz CT molecular complexity index is 678. The average Bonchev–Trinajstić information content (AvgIpc) is 2.85. The van der Waals surface area contributed by atoms with E-state index in [1.54, 1.807) is 0 Å². The summed E-state index contributed by atoms with van der Waals surface area (Å²) < 4.78 is 7.18. The molecule has 0 aliphatic carbocycles. The molecule has 0 unspecified atom stereocenters. The van der Waals surface area contributed by atoms with Crippen molar-refractivity contribution in [2.45, 2.75) is 12.8 Å². The van der Waals surface area contributed by atoms with E-state index in [2.05, 4.69) is 19.9 Å². The fourth-order valence-corrected chi connectivity index (χ4v) is 2.71. The van der Waals surface area contributed by atoms with E-state index in [0.29, 0.717) is 11.2 Å². The lowest BCUT2D eigenvalue weighted by molar-refractivity contribution is 0.0374. The fraction of sp³-hybridized carbons (Fsp3) is 0.571. The zero-order chi connectivity index (χ0) is 15.5. The molecule has 22 heavy (non-hydrogen) atoms. The van der Waals surface area contributed by atoms with E-state index in [-0.39, 0.29) is 5.69 Å². The van der Waals surface area contributed by atoms with Gasteiger partial charge in [0.1, 0.15) is 17.7 Å². The number of hydrogen-bond acceptors (Lipinski definition) is 6. The van der Waals surface area contributed by atoms with Crippen molar-refractivity contribution in [3.63, 3.8) is 0 Å². The Morgan fingerprint density at radius 3 is 2.86 bits per heavy atom. The molecule has 0 amide bonds. The second-order valence-corrected chi connectivity index (χ2v) is 5.34. The third-order valence-electron chi connectivity index (χ3n) is 3.93. The van der Waals surface area contributed by atoms with Gasteiger partial charge in [-0.15, -0.1) is 0 Å². The molecule has 0 aromatic carbocycles. The maximum Gasteiger partial charge on any atom is 0.356 e. The van der Waals surface area contributed by atoms with E-state index in [1.165, 1.54) is 6.33 Å². The normalized spacial score (nSPS) is 16.2. The predicted molar refractivity (Wildman–Crippen MR) is 78.8 cm³/mol.